The number of benzene rings is 1. The summed E-state index contributed by atoms with van der Waals surface area (Å²) in [6.07, 6.45) is 3.29. The molecule has 4 heteroatoms. The molecule has 0 spiro atoms. The van der Waals surface area contributed by atoms with E-state index in [1.165, 1.54) is 0 Å². The number of aromatic nitrogens is 1. The minimum absolute atomic E-state index is 0.327. The number of rotatable bonds is 2. The van der Waals surface area contributed by atoms with E-state index in [2.05, 4.69) is 4.98 Å². The smallest absolute Gasteiger partial charge is 0.0721 e. The van der Waals surface area contributed by atoms with Crippen LogP contribution in [0.3, 0.4) is 0 Å². The Kier molecular flexibility index (Phi) is 2.88. The summed E-state index contributed by atoms with van der Waals surface area (Å²) in [5.74, 6) is 0. The van der Waals surface area contributed by atoms with Crippen LogP contribution in [0, 0.1) is 5.41 Å². The fourth-order valence-electron chi connectivity index (χ4n) is 1.42. The minimum atomic E-state index is 0.327. The predicted octanol–water partition coefficient (Wildman–Crippen LogP) is 2.73. The molecule has 0 bridgehead atoms. The van der Waals surface area contributed by atoms with Crippen LogP contribution in [0.4, 0.5) is 5.69 Å². The largest absolute Gasteiger partial charge is 0.397 e. The SMILES string of the molecule is N=C(c1cccnc1)c1cccc(Cl)c1N. The number of nitrogens with one attached hydrogen (secondary N) is 1. The number of anilines is 1. The molecule has 3 nitrogen and oxygen atoms in total. The Morgan fingerprint density at radius 2 is 2.06 bits per heavy atom. The van der Waals surface area contributed by atoms with Crippen molar-refractivity contribution in [1.82, 2.24) is 4.98 Å². The van der Waals surface area contributed by atoms with Gasteiger partial charge in [0.15, 0.2) is 0 Å². The lowest BCUT2D eigenvalue weighted by molar-refractivity contribution is 1.30. The van der Waals surface area contributed by atoms with E-state index < -0.39 is 0 Å². The second-order valence-corrected chi connectivity index (χ2v) is 3.72. The Morgan fingerprint density at radius 3 is 2.75 bits per heavy atom. The van der Waals surface area contributed by atoms with Crippen molar-refractivity contribution in [3.8, 4) is 0 Å². The van der Waals surface area contributed by atoms with Gasteiger partial charge in [0, 0.05) is 23.5 Å². The minimum Gasteiger partial charge on any atom is -0.397 e. The number of hydrogen-bond acceptors (Lipinski definition) is 3. The maximum Gasteiger partial charge on any atom is 0.0721 e. The molecular weight excluding hydrogens is 222 g/mol. The molecule has 1 aromatic heterocycles. The number of pyridine rings is 1. The van der Waals surface area contributed by atoms with Gasteiger partial charge >= 0.3 is 0 Å². The number of nitrogens with zero attached hydrogens (tertiary/aromatic N) is 1. The Morgan fingerprint density at radius 1 is 1.25 bits per heavy atom. The van der Waals surface area contributed by atoms with Crippen molar-refractivity contribution in [2.75, 3.05) is 5.73 Å². The van der Waals surface area contributed by atoms with E-state index in [0.717, 1.165) is 5.56 Å². The van der Waals surface area contributed by atoms with Gasteiger partial charge < -0.3 is 5.73 Å². The molecule has 0 aliphatic heterocycles. The highest BCUT2D eigenvalue weighted by Gasteiger charge is 2.09. The van der Waals surface area contributed by atoms with Gasteiger partial charge in [0.25, 0.3) is 0 Å². The zero-order valence-electron chi connectivity index (χ0n) is 8.44. The normalized spacial score (nSPS) is 10.1. The summed E-state index contributed by atoms with van der Waals surface area (Å²) in [5, 5.41) is 8.49. The van der Waals surface area contributed by atoms with E-state index in [1.807, 2.05) is 6.07 Å². The first kappa shape index (κ1) is 10.6. The fourth-order valence-corrected chi connectivity index (χ4v) is 1.60. The first-order valence-corrected chi connectivity index (χ1v) is 5.11. The third-order valence-corrected chi connectivity index (χ3v) is 2.60. The second-order valence-electron chi connectivity index (χ2n) is 3.32. The molecule has 3 N–H and O–H groups in total. The van der Waals surface area contributed by atoms with Crippen LogP contribution in [0.25, 0.3) is 0 Å². The lowest BCUT2D eigenvalue weighted by Gasteiger charge is -2.08. The Balaban J connectivity index is 2.46. The molecule has 0 saturated carbocycles. The van der Waals surface area contributed by atoms with Gasteiger partial charge in [-0.25, -0.2) is 0 Å². The quantitative estimate of drug-likeness (QED) is 0.617. The molecule has 0 radical (unpaired) electrons. The lowest BCUT2D eigenvalue weighted by Crippen LogP contribution is -2.05. The topological polar surface area (TPSA) is 62.8 Å². The highest BCUT2D eigenvalue weighted by atomic mass is 35.5. The van der Waals surface area contributed by atoms with Gasteiger partial charge in [-0.1, -0.05) is 23.7 Å². The van der Waals surface area contributed by atoms with Crippen molar-refractivity contribution in [3.05, 3.63) is 58.9 Å². The zero-order chi connectivity index (χ0) is 11.5. The second kappa shape index (κ2) is 4.33. The molecule has 2 rings (SSSR count). The molecule has 0 fully saturated rings. The summed E-state index contributed by atoms with van der Waals surface area (Å²) in [6, 6.07) is 8.85. The van der Waals surface area contributed by atoms with E-state index in [4.69, 9.17) is 22.7 Å². The lowest BCUT2D eigenvalue weighted by atomic mass is 10.0. The molecule has 0 aliphatic rings. The van der Waals surface area contributed by atoms with Crippen LogP contribution >= 0.6 is 11.6 Å². The number of hydrogen-bond donors (Lipinski definition) is 2. The molecule has 0 unspecified atom stereocenters. The summed E-state index contributed by atoms with van der Waals surface area (Å²) < 4.78 is 0. The maximum absolute atomic E-state index is 8.03. The van der Waals surface area contributed by atoms with Crippen LogP contribution in [0.2, 0.25) is 5.02 Å². The number of nitrogens with two attached hydrogens (primary N) is 1. The summed E-state index contributed by atoms with van der Waals surface area (Å²) in [7, 11) is 0. The van der Waals surface area contributed by atoms with Gasteiger partial charge in [-0.05, 0) is 18.2 Å². The molecule has 80 valence electrons. The standard InChI is InChI=1S/C12H10ClN3/c13-10-5-1-4-9(12(10)15)11(14)8-3-2-6-16-7-8/h1-7,14H,15H2. The Labute approximate surface area is 98.4 Å². The summed E-state index contributed by atoms with van der Waals surface area (Å²) in [6.45, 7) is 0. The number of para-hydroxylation sites is 1. The van der Waals surface area contributed by atoms with Crippen molar-refractivity contribution in [2.45, 2.75) is 0 Å². The molecule has 16 heavy (non-hydrogen) atoms. The van der Waals surface area contributed by atoms with Crippen LogP contribution < -0.4 is 5.73 Å². The first-order chi connectivity index (χ1) is 7.70. The van der Waals surface area contributed by atoms with Crippen molar-refractivity contribution in [3.63, 3.8) is 0 Å². The van der Waals surface area contributed by atoms with Gasteiger partial charge in [0.1, 0.15) is 0 Å². The van der Waals surface area contributed by atoms with E-state index in [1.54, 1.807) is 36.7 Å². The molecule has 0 saturated heterocycles. The molecule has 1 heterocycles. The number of halogens is 1. The van der Waals surface area contributed by atoms with Crippen LogP contribution in [0.5, 0.6) is 0 Å². The Hall–Kier alpha value is -1.87. The summed E-state index contributed by atoms with van der Waals surface area (Å²) in [5.41, 5.74) is 7.93. The van der Waals surface area contributed by atoms with E-state index in [0.29, 0.717) is 22.0 Å². The predicted molar refractivity (Wildman–Crippen MR) is 66.0 cm³/mol. The third-order valence-electron chi connectivity index (χ3n) is 2.27. The maximum atomic E-state index is 8.03. The average molecular weight is 232 g/mol. The molecule has 2 aromatic rings. The molecule has 0 aliphatic carbocycles. The van der Waals surface area contributed by atoms with Crippen molar-refractivity contribution >= 4 is 23.0 Å². The van der Waals surface area contributed by atoms with Gasteiger partial charge in [-0.2, -0.15) is 0 Å². The van der Waals surface area contributed by atoms with Gasteiger partial charge in [0.05, 0.1) is 16.4 Å². The van der Waals surface area contributed by atoms with Gasteiger partial charge in [-0.15, -0.1) is 0 Å². The van der Waals surface area contributed by atoms with E-state index in [-0.39, 0.29) is 0 Å². The zero-order valence-corrected chi connectivity index (χ0v) is 9.20. The van der Waals surface area contributed by atoms with Crippen LogP contribution in [-0.4, -0.2) is 10.7 Å². The highest BCUT2D eigenvalue weighted by Crippen LogP contribution is 2.24. The van der Waals surface area contributed by atoms with Gasteiger partial charge in [0.2, 0.25) is 0 Å². The summed E-state index contributed by atoms with van der Waals surface area (Å²) in [4.78, 5) is 3.97. The van der Waals surface area contributed by atoms with Crippen LogP contribution in [0.15, 0.2) is 42.7 Å². The first-order valence-electron chi connectivity index (χ1n) is 4.73. The van der Waals surface area contributed by atoms with Gasteiger partial charge in [-0.3, -0.25) is 10.4 Å². The number of nitrogen functional groups attached to an aromatic ring is 1. The van der Waals surface area contributed by atoms with Crippen LogP contribution in [0.1, 0.15) is 11.1 Å². The van der Waals surface area contributed by atoms with E-state index >= 15 is 0 Å². The highest BCUT2D eigenvalue weighted by molar-refractivity contribution is 6.34. The van der Waals surface area contributed by atoms with E-state index in [9.17, 15) is 0 Å². The van der Waals surface area contributed by atoms with Crippen LogP contribution in [-0.2, 0) is 0 Å². The van der Waals surface area contributed by atoms with Crippen molar-refractivity contribution in [1.29, 1.82) is 5.41 Å². The molecule has 0 atom stereocenters. The Bertz CT molecular complexity index is 523. The molecule has 1 aromatic carbocycles. The molecule has 0 amide bonds. The molecular formula is C12H10ClN3. The fraction of sp³-hybridized carbons (Fsp3) is 0. The van der Waals surface area contributed by atoms with Crippen molar-refractivity contribution in [2.24, 2.45) is 0 Å². The third kappa shape index (κ3) is 1.90. The monoisotopic (exact) mass is 231 g/mol. The average Bonchev–Trinajstić information content (AvgIpc) is 2.33. The summed E-state index contributed by atoms with van der Waals surface area (Å²) >= 11 is 5.91. The van der Waals surface area contributed by atoms with Crippen molar-refractivity contribution < 1.29 is 0 Å².